The monoisotopic (exact) mass is 253 g/mol. The van der Waals surface area contributed by atoms with Crippen LogP contribution in [0.5, 0.6) is 0 Å². The van der Waals surface area contributed by atoms with Gasteiger partial charge in [-0.2, -0.15) is 10.1 Å². The van der Waals surface area contributed by atoms with E-state index in [-0.39, 0.29) is 18.5 Å². The Morgan fingerprint density at radius 1 is 1.61 bits per heavy atom. The summed E-state index contributed by atoms with van der Waals surface area (Å²) >= 11 is 0. The number of aliphatic carboxylic acids is 1. The standard InChI is InChI=1S/C10H15N5O3/c1-14-9(11-6-12-14)13-10(18)15-4-2-3-7(15)5-8(16)17/h6-7H,2-5H2,1H3,(H,16,17)(H,11,12,13,18). The smallest absolute Gasteiger partial charge is 0.324 e. The van der Waals surface area contributed by atoms with Crippen molar-refractivity contribution >= 4 is 17.9 Å². The number of carboxylic acid groups (broad SMARTS) is 1. The zero-order valence-corrected chi connectivity index (χ0v) is 10.0. The molecule has 1 fully saturated rings. The summed E-state index contributed by atoms with van der Waals surface area (Å²) < 4.78 is 1.44. The van der Waals surface area contributed by atoms with Crippen LogP contribution in [0.3, 0.4) is 0 Å². The molecule has 1 saturated heterocycles. The van der Waals surface area contributed by atoms with E-state index in [4.69, 9.17) is 5.11 Å². The molecule has 0 saturated carbocycles. The van der Waals surface area contributed by atoms with Crippen LogP contribution in [0.15, 0.2) is 6.33 Å². The minimum absolute atomic E-state index is 0.0216. The third-order valence-electron chi connectivity index (χ3n) is 2.98. The van der Waals surface area contributed by atoms with Crippen molar-refractivity contribution in [2.45, 2.75) is 25.3 Å². The number of urea groups is 1. The van der Waals surface area contributed by atoms with E-state index >= 15 is 0 Å². The van der Waals surface area contributed by atoms with Crippen LogP contribution < -0.4 is 5.32 Å². The third-order valence-corrected chi connectivity index (χ3v) is 2.98. The van der Waals surface area contributed by atoms with Crippen molar-refractivity contribution in [1.29, 1.82) is 0 Å². The van der Waals surface area contributed by atoms with Gasteiger partial charge in [0.2, 0.25) is 5.95 Å². The van der Waals surface area contributed by atoms with Crippen molar-refractivity contribution in [3.63, 3.8) is 0 Å². The van der Waals surface area contributed by atoms with Crippen LogP contribution in [0.25, 0.3) is 0 Å². The van der Waals surface area contributed by atoms with Gasteiger partial charge in [0.25, 0.3) is 0 Å². The molecular formula is C10H15N5O3. The second-order valence-electron chi connectivity index (χ2n) is 4.22. The maximum absolute atomic E-state index is 12.0. The Hall–Kier alpha value is -2.12. The number of carbonyl (C=O) groups is 2. The molecule has 0 spiro atoms. The molecule has 2 N–H and O–H groups in total. The summed E-state index contributed by atoms with van der Waals surface area (Å²) in [6, 6.07) is -0.564. The molecule has 18 heavy (non-hydrogen) atoms. The van der Waals surface area contributed by atoms with Gasteiger partial charge in [0.15, 0.2) is 0 Å². The fraction of sp³-hybridized carbons (Fsp3) is 0.600. The van der Waals surface area contributed by atoms with Crippen LogP contribution in [0.4, 0.5) is 10.7 Å². The summed E-state index contributed by atoms with van der Waals surface area (Å²) in [5, 5.41) is 15.3. The molecule has 2 amide bonds. The van der Waals surface area contributed by atoms with Gasteiger partial charge < -0.3 is 10.0 Å². The molecule has 1 aromatic rings. The van der Waals surface area contributed by atoms with Crippen LogP contribution in [-0.2, 0) is 11.8 Å². The van der Waals surface area contributed by atoms with Crippen LogP contribution in [0.2, 0.25) is 0 Å². The number of anilines is 1. The normalized spacial score (nSPS) is 18.9. The lowest BCUT2D eigenvalue weighted by molar-refractivity contribution is -0.137. The summed E-state index contributed by atoms with van der Waals surface area (Å²) in [5.41, 5.74) is 0. The number of nitrogens with one attached hydrogen (secondary N) is 1. The predicted molar refractivity (Wildman–Crippen MR) is 62.0 cm³/mol. The topological polar surface area (TPSA) is 100 Å². The quantitative estimate of drug-likeness (QED) is 0.806. The second-order valence-corrected chi connectivity index (χ2v) is 4.22. The number of hydrogen-bond acceptors (Lipinski definition) is 4. The minimum atomic E-state index is -0.890. The summed E-state index contributed by atoms with van der Waals surface area (Å²) in [6.45, 7) is 0.571. The maximum Gasteiger partial charge on any atom is 0.324 e. The highest BCUT2D eigenvalue weighted by Crippen LogP contribution is 2.20. The lowest BCUT2D eigenvalue weighted by Gasteiger charge is -2.23. The molecule has 0 aromatic carbocycles. The molecule has 0 bridgehead atoms. The molecule has 1 aromatic heterocycles. The summed E-state index contributed by atoms with van der Waals surface area (Å²) in [5.74, 6) is -0.542. The second kappa shape index (κ2) is 5.03. The Morgan fingerprint density at radius 2 is 2.39 bits per heavy atom. The van der Waals surface area contributed by atoms with Crippen LogP contribution >= 0.6 is 0 Å². The number of carboxylic acids is 1. The number of amides is 2. The van der Waals surface area contributed by atoms with Crippen molar-refractivity contribution in [1.82, 2.24) is 19.7 Å². The van der Waals surface area contributed by atoms with Gasteiger partial charge in [-0.3, -0.25) is 10.1 Å². The highest BCUT2D eigenvalue weighted by Gasteiger charge is 2.30. The van der Waals surface area contributed by atoms with Crippen molar-refractivity contribution in [2.24, 2.45) is 7.05 Å². The number of likely N-dealkylation sites (tertiary alicyclic amines) is 1. The van der Waals surface area contributed by atoms with E-state index in [1.165, 1.54) is 11.0 Å². The maximum atomic E-state index is 12.0. The summed E-state index contributed by atoms with van der Waals surface area (Å²) in [6.07, 6.45) is 2.86. The van der Waals surface area contributed by atoms with Gasteiger partial charge in [0, 0.05) is 19.6 Å². The first-order chi connectivity index (χ1) is 8.58. The fourth-order valence-electron chi connectivity index (χ4n) is 2.09. The van der Waals surface area contributed by atoms with Crippen LogP contribution in [0.1, 0.15) is 19.3 Å². The number of carbonyl (C=O) groups excluding carboxylic acids is 1. The van der Waals surface area contributed by atoms with Gasteiger partial charge >= 0.3 is 12.0 Å². The highest BCUT2D eigenvalue weighted by molar-refractivity contribution is 5.88. The van der Waals surface area contributed by atoms with E-state index in [0.29, 0.717) is 12.5 Å². The van der Waals surface area contributed by atoms with Crippen molar-refractivity contribution in [2.75, 3.05) is 11.9 Å². The van der Waals surface area contributed by atoms with Crippen LogP contribution in [0, 0.1) is 0 Å². The SMILES string of the molecule is Cn1ncnc1NC(=O)N1CCCC1CC(=O)O. The van der Waals surface area contributed by atoms with Crippen molar-refractivity contribution in [3.05, 3.63) is 6.33 Å². The number of aryl methyl sites for hydroxylation is 1. The Kier molecular flexibility index (Phi) is 3.45. The molecule has 1 aliphatic heterocycles. The molecule has 98 valence electrons. The fourth-order valence-corrected chi connectivity index (χ4v) is 2.09. The Balaban J connectivity index is 2.00. The number of hydrogen-bond donors (Lipinski definition) is 2. The molecule has 2 heterocycles. The molecule has 0 radical (unpaired) electrons. The average molecular weight is 253 g/mol. The van der Waals surface area contributed by atoms with Gasteiger partial charge in [0.1, 0.15) is 6.33 Å². The molecule has 1 atom stereocenters. The largest absolute Gasteiger partial charge is 0.481 e. The van der Waals surface area contributed by atoms with E-state index in [2.05, 4.69) is 15.4 Å². The first-order valence-electron chi connectivity index (χ1n) is 5.71. The molecular weight excluding hydrogens is 238 g/mol. The minimum Gasteiger partial charge on any atom is -0.481 e. The Labute approximate surface area is 104 Å². The zero-order valence-electron chi connectivity index (χ0n) is 10.0. The molecule has 0 aliphatic carbocycles. The first kappa shape index (κ1) is 12.3. The van der Waals surface area contributed by atoms with Gasteiger partial charge in [0.05, 0.1) is 6.42 Å². The summed E-state index contributed by atoms with van der Waals surface area (Å²) in [4.78, 5) is 28.1. The van der Waals surface area contributed by atoms with E-state index in [0.717, 1.165) is 12.8 Å². The van der Waals surface area contributed by atoms with E-state index < -0.39 is 5.97 Å². The van der Waals surface area contributed by atoms with E-state index in [1.807, 2.05) is 0 Å². The predicted octanol–water partition coefficient (Wildman–Crippen LogP) is 0.286. The van der Waals surface area contributed by atoms with Crippen molar-refractivity contribution in [3.8, 4) is 0 Å². The van der Waals surface area contributed by atoms with Gasteiger partial charge in [-0.25, -0.2) is 9.48 Å². The molecule has 1 unspecified atom stereocenters. The summed E-state index contributed by atoms with van der Waals surface area (Å²) in [7, 11) is 1.67. The average Bonchev–Trinajstić information content (AvgIpc) is 2.88. The lowest BCUT2D eigenvalue weighted by Crippen LogP contribution is -2.40. The highest BCUT2D eigenvalue weighted by atomic mass is 16.4. The number of nitrogens with zero attached hydrogens (tertiary/aromatic N) is 4. The Morgan fingerprint density at radius 3 is 3.00 bits per heavy atom. The van der Waals surface area contributed by atoms with Crippen molar-refractivity contribution < 1.29 is 14.7 Å². The number of rotatable bonds is 3. The van der Waals surface area contributed by atoms with Crippen LogP contribution in [-0.4, -0.2) is 49.4 Å². The molecule has 8 nitrogen and oxygen atoms in total. The number of aromatic nitrogens is 3. The molecule has 8 heteroatoms. The molecule has 1 aliphatic rings. The molecule has 2 rings (SSSR count). The van der Waals surface area contributed by atoms with E-state index in [9.17, 15) is 9.59 Å². The zero-order chi connectivity index (χ0) is 13.1. The lowest BCUT2D eigenvalue weighted by atomic mass is 10.1. The van der Waals surface area contributed by atoms with Gasteiger partial charge in [-0.05, 0) is 12.8 Å². The van der Waals surface area contributed by atoms with Gasteiger partial charge in [-0.1, -0.05) is 0 Å². The first-order valence-corrected chi connectivity index (χ1v) is 5.71. The Bertz CT molecular complexity index is 458. The van der Waals surface area contributed by atoms with E-state index in [1.54, 1.807) is 11.9 Å². The van der Waals surface area contributed by atoms with Gasteiger partial charge in [-0.15, -0.1) is 0 Å². The third kappa shape index (κ3) is 2.58.